The van der Waals surface area contributed by atoms with Gasteiger partial charge in [-0.25, -0.2) is 4.39 Å². The van der Waals surface area contributed by atoms with Gasteiger partial charge < -0.3 is 4.42 Å². The fourth-order valence-corrected chi connectivity index (χ4v) is 2.67. The van der Waals surface area contributed by atoms with Crippen LogP contribution in [0.15, 0.2) is 65.3 Å². The largest absolute Gasteiger partial charge is 0.468 e. The minimum atomic E-state index is -0.216. The molecule has 0 fully saturated rings. The van der Waals surface area contributed by atoms with Crippen molar-refractivity contribution in [2.45, 2.75) is 32.6 Å². The highest BCUT2D eigenvalue weighted by Gasteiger charge is 2.14. The first-order valence-corrected chi connectivity index (χ1v) is 7.85. The number of hydrogen-bond donors (Lipinski definition) is 0. The summed E-state index contributed by atoms with van der Waals surface area (Å²) < 4.78 is 18.7. The van der Waals surface area contributed by atoms with Gasteiger partial charge in [-0.1, -0.05) is 57.2 Å². The van der Waals surface area contributed by atoms with Crippen LogP contribution in [0, 0.1) is 5.82 Å². The zero-order valence-electron chi connectivity index (χ0n) is 13.8. The number of hydrogen-bond acceptors (Lipinski definition) is 1. The lowest BCUT2D eigenvalue weighted by molar-refractivity contribution is 0.522. The molecule has 0 bridgehead atoms. The minimum absolute atomic E-state index is 0.145. The Morgan fingerprint density at radius 1 is 0.870 bits per heavy atom. The number of benzene rings is 2. The zero-order chi connectivity index (χ0) is 16.4. The third kappa shape index (κ3) is 3.53. The van der Waals surface area contributed by atoms with Crippen molar-refractivity contribution in [1.82, 2.24) is 0 Å². The van der Waals surface area contributed by atoms with Crippen molar-refractivity contribution < 1.29 is 8.81 Å². The van der Waals surface area contributed by atoms with E-state index in [-0.39, 0.29) is 11.2 Å². The summed E-state index contributed by atoms with van der Waals surface area (Å²) in [6.07, 6.45) is 2.37. The molecular formula is C21H21FO. The molecule has 3 aromatic rings. The molecule has 0 aliphatic carbocycles. The molecule has 0 N–H and O–H groups in total. The van der Waals surface area contributed by atoms with Crippen molar-refractivity contribution in [3.63, 3.8) is 0 Å². The Hall–Kier alpha value is -2.35. The Balaban J connectivity index is 1.87. The van der Waals surface area contributed by atoms with Crippen molar-refractivity contribution in [1.29, 1.82) is 0 Å². The van der Waals surface area contributed by atoms with Crippen LogP contribution in [0.1, 0.15) is 37.7 Å². The summed E-state index contributed by atoms with van der Waals surface area (Å²) in [6, 6.07) is 17.2. The molecule has 0 saturated carbocycles. The molecule has 1 nitrogen and oxygen atoms in total. The molecule has 3 rings (SSSR count). The highest BCUT2D eigenvalue weighted by molar-refractivity contribution is 5.66. The third-order valence-corrected chi connectivity index (χ3v) is 4.09. The summed E-state index contributed by atoms with van der Waals surface area (Å²) in [7, 11) is 0. The smallest absolute Gasteiger partial charge is 0.123 e. The molecule has 0 amide bonds. The third-order valence-electron chi connectivity index (χ3n) is 4.09. The van der Waals surface area contributed by atoms with Crippen LogP contribution in [0.25, 0.3) is 11.1 Å². The van der Waals surface area contributed by atoms with Crippen LogP contribution in [-0.4, -0.2) is 0 Å². The van der Waals surface area contributed by atoms with E-state index in [1.807, 2.05) is 6.07 Å². The quantitative estimate of drug-likeness (QED) is 0.580. The molecule has 0 saturated heterocycles. The average Bonchev–Trinajstić information content (AvgIpc) is 2.97. The van der Waals surface area contributed by atoms with E-state index in [1.165, 1.54) is 17.7 Å². The van der Waals surface area contributed by atoms with E-state index in [2.05, 4.69) is 45.0 Å². The molecule has 2 heteroatoms. The van der Waals surface area contributed by atoms with Crippen molar-refractivity contribution in [2.75, 3.05) is 0 Å². The lowest BCUT2D eigenvalue weighted by atomic mass is 9.86. The van der Waals surface area contributed by atoms with Gasteiger partial charge in [-0.3, -0.25) is 0 Å². The van der Waals surface area contributed by atoms with Crippen LogP contribution in [0.4, 0.5) is 4.39 Å². The summed E-state index contributed by atoms with van der Waals surface area (Å²) in [5.74, 6) is 0.686. The van der Waals surface area contributed by atoms with Gasteiger partial charge in [0.05, 0.1) is 6.26 Å². The van der Waals surface area contributed by atoms with Crippen molar-refractivity contribution in [3.8, 4) is 11.1 Å². The summed E-state index contributed by atoms with van der Waals surface area (Å²) in [6.45, 7) is 6.62. The Labute approximate surface area is 136 Å². The van der Waals surface area contributed by atoms with Crippen LogP contribution in [0.3, 0.4) is 0 Å². The molecular weight excluding hydrogens is 287 g/mol. The number of furan rings is 1. The summed E-state index contributed by atoms with van der Waals surface area (Å²) in [4.78, 5) is 0. The van der Waals surface area contributed by atoms with Gasteiger partial charge in [0.2, 0.25) is 0 Å². The topological polar surface area (TPSA) is 13.1 Å². The second-order valence-corrected chi connectivity index (χ2v) is 6.89. The molecule has 0 aliphatic rings. The Bertz CT molecular complexity index is 774. The van der Waals surface area contributed by atoms with Crippen molar-refractivity contribution in [3.05, 3.63) is 83.6 Å². The highest BCUT2D eigenvalue weighted by atomic mass is 19.1. The Kier molecular flexibility index (Phi) is 4.08. The maximum atomic E-state index is 13.0. The lowest BCUT2D eigenvalue weighted by Gasteiger charge is -2.19. The van der Waals surface area contributed by atoms with Gasteiger partial charge >= 0.3 is 0 Å². The molecule has 1 aromatic heterocycles. The van der Waals surface area contributed by atoms with E-state index in [0.717, 1.165) is 22.5 Å². The molecule has 23 heavy (non-hydrogen) atoms. The van der Waals surface area contributed by atoms with E-state index in [0.29, 0.717) is 6.42 Å². The monoisotopic (exact) mass is 308 g/mol. The van der Waals surface area contributed by atoms with Gasteiger partial charge in [-0.15, -0.1) is 0 Å². The maximum absolute atomic E-state index is 13.0. The summed E-state index contributed by atoms with van der Waals surface area (Å²) in [5, 5.41) is 0. The van der Waals surface area contributed by atoms with Gasteiger partial charge in [0, 0.05) is 12.0 Å². The summed E-state index contributed by atoms with van der Waals surface area (Å²) in [5.41, 5.74) is 4.73. The predicted octanol–water partition coefficient (Wildman–Crippen LogP) is 5.97. The molecule has 0 spiro atoms. The number of halogens is 1. The first-order valence-electron chi connectivity index (χ1n) is 7.85. The molecule has 118 valence electrons. The average molecular weight is 308 g/mol. The van der Waals surface area contributed by atoms with E-state index in [1.54, 1.807) is 18.4 Å². The van der Waals surface area contributed by atoms with Gasteiger partial charge in [-0.05, 0) is 40.3 Å². The predicted molar refractivity (Wildman–Crippen MR) is 92.1 cm³/mol. The Morgan fingerprint density at radius 2 is 1.52 bits per heavy atom. The van der Waals surface area contributed by atoms with Gasteiger partial charge in [0.25, 0.3) is 0 Å². The summed E-state index contributed by atoms with van der Waals surface area (Å²) >= 11 is 0. The van der Waals surface area contributed by atoms with Crippen molar-refractivity contribution >= 4 is 0 Å². The standard InChI is InChI=1S/C21H21FO/c1-21(2,3)17-8-6-16(7-9-17)19-12-13-23-20(19)14-15-4-10-18(22)11-5-15/h4-13H,14H2,1-3H3. The fraction of sp³-hybridized carbons (Fsp3) is 0.238. The van der Waals surface area contributed by atoms with Crippen LogP contribution in [0.2, 0.25) is 0 Å². The van der Waals surface area contributed by atoms with E-state index >= 15 is 0 Å². The van der Waals surface area contributed by atoms with E-state index in [9.17, 15) is 4.39 Å². The van der Waals surface area contributed by atoms with Crippen molar-refractivity contribution in [2.24, 2.45) is 0 Å². The van der Waals surface area contributed by atoms with Crippen LogP contribution in [-0.2, 0) is 11.8 Å². The minimum Gasteiger partial charge on any atom is -0.468 e. The molecule has 1 heterocycles. The maximum Gasteiger partial charge on any atom is 0.123 e. The Morgan fingerprint density at radius 3 is 2.13 bits per heavy atom. The lowest BCUT2D eigenvalue weighted by Crippen LogP contribution is -2.10. The number of rotatable bonds is 3. The second-order valence-electron chi connectivity index (χ2n) is 6.89. The molecule has 0 radical (unpaired) electrons. The van der Waals surface area contributed by atoms with Gasteiger partial charge in [0.1, 0.15) is 11.6 Å². The van der Waals surface area contributed by atoms with Crippen LogP contribution < -0.4 is 0 Å². The normalized spacial score (nSPS) is 11.7. The molecule has 0 aliphatic heterocycles. The van der Waals surface area contributed by atoms with Gasteiger partial charge in [0.15, 0.2) is 0 Å². The highest BCUT2D eigenvalue weighted by Crippen LogP contribution is 2.29. The second kappa shape index (κ2) is 6.04. The van der Waals surface area contributed by atoms with Crippen LogP contribution in [0.5, 0.6) is 0 Å². The SMILES string of the molecule is CC(C)(C)c1ccc(-c2ccoc2Cc2ccc(F)cc2)cc1. The van der Waals surface area contributed by atoms with Gasteiger partial charge in [-0.2, -0.15) is 0 Å². The van der Waals surface area contributed by atoms with E-state index in [4.69, 9.17) is 4.42 Å². The van der Waals surface area contributed by atoms with Crippen LogP contribution >= 0.6 is 0 Å². The molecule has 0 unspecified atom stereocenters. The first-order chi connectivity index (χ1) is 10.9. The fourth-order valence-electron chi connectivity index (χ4n) is 2.67. The zero-order valence-corrected chi connectivity index (χ0v) is 13.8. The molecule has 0 atom stereocenters. The first kappa shape index (κ1) is 15.5. The van der Waals surface area contributed by atoms with E-state index < -0.39 is 0 Å². The molecule has 2 aromatic carbocycles.